The number of hydrogen-bond donors (Lipinski definition) is 2. The molecule has 0 radical (unpaired) electrons. The topological polar surface area (TPSA) is 96.6 Å². The summed E-state index contributed by atoms with van der Waals surface area (Å²) in [5.74, 6) is 1.46. The highest BCUT2D eigenvalue weighted by atomic mass is 32.1. The molecule has 0 aromatic carbocycles. The fourth-order valence-electron chi connectivity index (χ4n) is 2.52. The van der Waals surface area contributed by atoms with E-state index in [-0.39, 0.29) is 11.5 Å². The molecule has 0 aliphatic carbocycles. The number of piperidine rings is 1. The lowest BCUT2D eigenvalue weighted by atomic mass is 9.91. The van der Waals surface area contributed by atoms with Crippen molar-refractivity contribution in [3.8, 4) is 10.7 Å². The van der Waals surface area contributed by atoms with E-state index >= 15 is 0 Å². The SMILES string of the molecule is CC(C)(C)c1nnsc1-c1nc(N2CCCC(N)C2)n[nH]1. The summed E-state index contributed by atoms with van der Waals surface area (Å²) < 4.78 is 4.07. The van der Waals surface area contributed by atoms with Crippen LogP contribution in [0.1, 0.15) is 39.3 Å². The van der Waals surface area contributed by atoms with E-state index in [2.05, 4.69) is 50.4 Å². The van der Waals surface area contributed by atoms with Gasteiger partial charge in [0.05, 0.1) is 5.69 Å². The zero-order chi connectivity index (χ0) is 15.0. The maximum absolute atomic E-state index is 6.02. The Bertz CT molecular complexity index is 612. The molecule has 3 N–H and O–H groups in total. The molecule has 1 fully saturated rings. The number of nitrogens with one attached hydrogen (secondary N) is 1. The smallest absolute Gasteiger partial charge is 0.245 e. The van der Waals surface area contributed by atoms with Gasteiger partial charge in [0, 0.05) is 24.5 Å². The molecule has 8 heteroatoms. The third kappa shape index (κ3) is 2.91. The summed E-state index contributed by atoms with van der Waals surface area (Å²) in [6.07, 6.45) is 2.15. The van der Waals surface area contributed by atoms with Gasteiger partial charge in [0.1, 0.15) is 4.88 Å². The third-order valence-corrected chi connectivity index (χ3v) is 4.36. The van der Waals surface area contributed by atoms with Crippen LogP contribution in [-0.4, -0.2) is 43.9 Å². The molecule has 21 heavy (non-hydrogen) atoms. The van der Waals surface area contributed by atoms with Crippen LogP contribution in [0.15, 0.2) is 0 Å². The zero-order valence-corrected chi connectivity index (χ0v) is 13.4. The van der Waals surface area contributed by atoms with Crippen LogP contribution in [0.2, 0.25) is 0 Å². The zero-order valence-electron chi connectivity index (χ0n) is 12.6. The van der Waals surface area contributed by atoms with Gasteiger partial charge >= 0.3 is 0 Å². The molecule has 2 aromatic rings. The molecule has 114 valence electrons. The summed E-state index contributed by atoms with van der Waals surface area (Å²) >= 11 is 1.35. The van der Waals surface area contributed by atoms with Crippen LogP contribution >= 0.6 is 11.5 Å². The molecule has 0 saturated carbocycles. The van der Waals surface area contributed by atoms with Crippen molar-refractivity contribution in [2.24, 2.45) is 5.73 Å². The molecule has 0 amide bonds. The molecule has 1 aliphatic heterocycles. The van der Waals surface area contributed by atoms with Crippen molar-refractivity contribution in [2.45, 2.75) is 45.1 Å². The number of hydrogen-bond acceptors (Lipinski definition) is 7. The molecule has 1 atom stereocenters. The standard InChI is InChI=1S/C13H21N7S/c1-13(2,3)10-9(21-19-16-10)11-15-12(18-17-11)20-6-4-5-8(14)7-20/h8H,4-7,14H2,1-3H3,(H,15,17,18). The number of anilines is 1. The Morgan fingerprint density at radius 1 is 1.38 bits per heavy atom. The molecule has 1 unspecified atom stereocenters. The van der Waals surface area contributed by atoms with E-state index in [1.165, 1.54) is 11.5 Å². The van der Waals surface area contributed by atoms with Crippen LogP contribution in [0, 0.1) is 0 Å². The normalized spacial score (nSPS) is 20.0. The van der Waals surface area contributed by atoms with Gasteiger partial charge in [0.25, 0.3) is 0 Å². The van der Waals surface area contributed by atoms with Crippen molar-refractivity contribution in [1.29, 1.82) is 0 Å². The van der Waals surface area contributed by atoms with E-state index in [4.69, 9.17) is 5.73 Å². The van der Waals surface area contributed by atoms with Crippen molar-refractivity contribution >= 4 is 17.5 Å². The first-order chi connectivity index (χ1) is 9.95. The second-order valence-corrected chi connectivity index (χ2v) is 7.29. The molecule has 7 nitrogen and oxygen atoms in total. The van der Waals surface area contributed by atoms with Crippen molar-refractivity contribution in [3.63, 3.8) is 0 Å². The monoisotopic (exact) mass is 307 g/mol. The van der Waals surface area contributed by atoms with E-state index in [1.807, 2.05) is 0 Å². The van der Waals surface area contributed by atoms with Gasteiger partial charge in [0.15, 0.2) is 5.82 Å². The Balaban J connectivity index is 1.87. The highest BCUT2D eigenvalue weighted by molar-refractivity contribution is 7.09. The molecule has 3 rings (SSSR count). The van der Waals surface area contributed by atoms with E-state index < -0.39 is 0 Å². The first-order valence-electron chi connectivity index (χ1n) is 7.21. The molecule has 1 aliphatic rings. The van der Waals surface area contributed by atoms with Gasteiger partial charge in [-0.1, -0.05) is 25.3 Å². The molecule has 1 saturated heterocycles. The summed E-state index contributed by atoms with van der Waals surface area (Å²) in [4.78, 5) is 7.72. The van der Waals surface area contributed by atoms with Crippen molar-refractivity contribution in [1.82, 2.24) is 24.8 Å². The Kier molecular flexibility index (Phi) is 3.66. The Hall–Kier alpha value is -1.54. The molecule has 0 spiro atoms. The van der Waals surface area contributed by atoms with Crippen molar-refractivity contribution in [2.75, 3.05) is 18.0 Å². The fraction of sp³-hybridized carbons (Fsp3) is 0.692. The van der Waals surface area contributed by atoms with Gasteiger partial charge in [-0.15, -0.1) is 10.2 Å². The Morgan fingerprint density at radius 3 is 2.90 bits per heavy atom. The molecule has 3 heterocycles. The first kappa shape index (κ1) is 14.4. The largest absolute Gasteiger partial charge is 0.338 e. The van der Waals surface area contributed by atoms with Crippen molar-refractivity contribution in [3.05, 3.63) is 5.69 Å². The average molecular weight is 307 g/mol. The second-order valence-electron chi connectivity index (χ2n) is 6.53. The second kappa shape index (κ2) is 5.34. The van der Waals surface area contributed by atoms with Gasteiger partial charge in [-0.2, -0.15) is 4.98 Å². The number of nitrogens with two attached hydrogens (primary N) is 1. The average Bonchev–Trinajstić information content (AvgIpc) is 3.07. The maximum atomic E-state index is 6.02. The van der Waals surface area contributed by atoms with E-state index in [0.717, 1.165) is 42.3 Å². The number of rotatable bonds is 2. The maximum Gasteiger partial charge on any atom is 0.245 e. The van der Waals surface area contributed by atoms with Gasteiger partial charge in [-0.3, -0.25) is 5.10 Å². The number of aromatic nitrogens is 5. The minimum Gasteiger partial charge on any atom is -0.338 e. The third-order valence-electron chi connectivity index (χ3n) is 3.63. The van der Waals surface area contributed by atoms with E-state index in [0.29, 0.717) is 5.95 Å². The number of nitrogens with zero attached hydrogens (tertiary/aromatic N) is 5. The lowest BCUT2D eigenvalue weighted by Gasteiger charge is -2.29. The van der Waals surface area contributed by atoms with Crippen LogP contribution in [0.3, 0.4) is 0 Å². The van der Waals surface area contributed by atoms with Crippen LogP contribution in [0.4, 0.5) is 5.95 Å². The molecular weight excluding hydrogens is 286 g/mol. The van der Waals surface area contributed by atoms with Crippen molar-refractivity contribution < 1.29 is 0 Å². The Labute approximate surface area is 128 Å². The van der Waals surface area contributed by atoms with E-state index in [9.17, 15) is 0 Å². The minimum atomic E-state index is -0.0667. The molecule has 0 bridgehead atoms. The van der Waals surface area contributed by atoms with Gasteiger partial charge < -0.3 is 10.6 Å². The highest BCUT2D eigenvalue weighted by Gasteiger charge is 2.26. The predicted molar refractivity (Wildman–Crippen MR) is 83.4 cm³/mol. The van der Waals surface area contributed by atoms with Crippen LogP contribution in [0.25, 0.3) is 10.7 Å². The minimum absolute atomic E-state index is 0.0667. The quantitative estimate of drug-likeness (QED) is 0.873. The number of H-pyrrole nitrogens is 1. The lowest BCUT2D eigenvalue weighted by Crippen LogP contribution is -2.43. The Morgan fingerprint density at radius 2 is 2.19 bits per heavy atom. The highest BCUT2D eigenvalue weighted by Crippen LogP contribution is 2.32. The van der Waals surface area contributed by atoms with E-state index in [1.54, 1.807) is 0 Å². The molecular formula is C13H21N7S. The summed E-state index contributed by atoms with van der Waals surface area (Å²) in [6, 6.07) is 0.205. The van der Waals surface area contributed by atoms with Gasteiger partial charge in [0.2, 0.25) is 5.95 Å². The fourth-order valence-corrected chi connectivity index (χ4v) is 3.34. The lowest BCUT2D eigenvalue weighted by molar-refractivity contribution is 0.500. The summed E-state index contributed by atoms with van der Waals surface area (Å²) in [7, 11) is 0. The molecule has 2 aromatic heterocycles. The first-order valence-corrected chi connectivity index (χ1v) is 7.98. The summed E-state index contributed by atoms with van der Waals surface area (Å²) in [5.41, 5.74) is 6.90. The van der Waals surface area contributed by atoms with Gasteiger partial charge in [-0.25, -0.2) is 0 Å². The van der Waals surface area contributed by atoms with Crippen LogP contribution < -0.4 is 10.6 Å². The summed E-state index contributed by atoms with van der Waals surface area (Å²) in [5, 5.41) is 11.6. The van der Waals surface area contributed by atoms with Gasteiger partial charge in [-0.05, 0) is 24.4 Å². The summed E-state index contributed by atoms with van der Waals surface area (Å²) in [6.45, 7) is 8.12. The predicted octanol–water partition coefficient (Wildman–Crippen LogP) is 1.55. The van der Waals surface area contributed by atoms with Crippen LogP contribution in [0.5, 0.6) is 0 Å². The number of aromatic amines is 1. The van der Waals surface area contributed by atoms with Crippen LogP contribution in [-0.2, 0) is 5.41 Å².